The smallest absolute Gasteiger partial charge is 0.325 e. The summed E-state index contributed by atoms with van der Waals surface area (Å²) in [6, 6.07) is 8.62. The van der Waals surface area contributed by atoms with Gasteiger partial charge in [-0.15, -0.1) is 0 Å². The van der Waals surface area contributed by atoms with Crippen molar-refractivity contribution in [3.63, 3.8) is 0 Å². The molecule has 120 valence electrons. The van der Waals surface area contributed by atoms with Crippen LogP contribution in [0.3, 0.4) is 0 Å². The van der Waals surface area contributed by atoms with Crippen LogP contribution in [0.25, 0.3) is 0 Å². The Kier molecular flexibility index (Phi) is 7.63. The molecule has 0 aliphatic heterocycles. The predicted octanol–water partition coefficient (Wildman–Crippen LogP) is -0.648. The first-order chi connectivity index (χ1) is 10.5. The first-order valence-corrected chi connectivity index (χ1v) is 7.02. The van der Waals surface area contributed by atoms with Crippen LogP contribution in [0.2, 0.25) is 0 Å². The summed E-state index contributed by atoms with van der Waals surface area (Å²) in [7, 11) is 0. The zero-order valence-electron chi connectivity index (χ0n) is 12.5. The molecule has 4 N–H and O–H groups in total. The summed E-state index contributed by atoms with van der Waals surface area (Å²) in [6.45, 7) is 1.47. The molecule has 0 radical (unpaired) electrons. The monoisotopic (exact) mass is 307 g/mol. The molecule has 0 heterocycles. The Bertz CT molecular complexity index is 505. The molecule has 0 saturated heterocycles. The molecule has 1 rings (SSSR count). The highest BCUT2D eigenvalue weighted by Crippen LogP contribution is 2.01. The summed E-state index contributed by atoms with van der Waals surface area (Å²) in [5.74, 6) is -1.42. The maximum absolute atomic E-state index is 11.8. The number of benzene rings is 1. The third-order valence-electron chi connectivity index (χ3n) is 2.79. The summed E-state index contributed by atoms with van der Waals surface area (Å²) in [4.78, 5) is 34.3. The molecule has 7 nitrogen and oxygen atoms in total. The van der Waals surface area contributed by atoms with E-state index in [-0.39, 0.29) is 19.7 Å². The van der Waals surface area contributed by atoms with Gasteiger partial charge in [0.1, 0.15) is 6.54 Å². The van der Waals surface area contributed by atoms with E-state index >= 15 is 0 Å². The quantitative estimate of drug-likeness (QED) is 0.553. The highest BCUT2D eigenvalue weighted by Gasteiger charge is 2.15. The lowest BCUT2D eigenvalue weighted by Gasteiger charge is -2.12. The van der Waals surface area contributed by atoms with E-state index in [1.165, 1.54) is 0 Å². The fourth-order valence-electron chi connectivity index (χ4n) is 1.70. The van der Waals surface area contributed by atoms with E-state index in [1.54, 1.807) is 6.92 Å². The molecule has 1 aromatic rings. The SMILES string of the molecule is CCOC(=O)CNC(=O)CNC(=O)C(N)Cc1ccccc1. The molecule has 0 aliphatic carbocycles. The van der Waals surface area contributed by atoms with Gasteiger partial charge in [0, 0.05) is 0 Å². The first-order valence-electron chi connectivity index (χ1n) is 7.02. The first kappa shape index (κ1) is 17.6. The van der Waals surface area contributed by atoms with Gasteiger partial charge < -0.3 is 21.1 Å². The molecule has 0 aromatic heterocycles. The lowest BCUT2D eigenvalue weighted by Crippen LogP contribution is -2.46. The van der Waals surface area contributed by atoms with Crippen LogP contribution in [-0.4, -0.2) is 43.5 Å². The normalized spacial score (nSPS) is 11.4. The van der Waals surface area contributed by atoms with Crippen molar-refractivity contribution in [1.29, 1.82) is 0 Å². The number of amides is 2. The number of nitrogens with two attached hydrogens (primary N) is 1. The van der Waals surface area contributed by atoms with Crippen molar-refractivity contribution < 1.29 is 19.1 Å². The molecule has 0 bridgehead atoms. The molecule has 22 heavy (non-hydrogen) atoms. The molecule has 7 heteroatoms. The maximum atomic E-state index is 11.8. The number of ether oxygens (including phenoxy) is 1. The Morgan fingerprint density at radius 3 is 2.45 bits per heavy atom. The van der Waals surface area contributed by atoms with Crippen molar-refractivity contribution in [2.45, 2.75) is 19.4 Å². The summed E-state index contributed by atoms with van der Waals surface area (Å²) in [5, 5.41) is 4.77. The van der Waals surface area contributed by atoms with Gasteiger partial charge in [-0.25, -0.2) is 0 Å². The third-order valence-corrected chi connectivity index (χ3v) is 2.79. The van der Waals surface area contributed by atoms with Crippen molar-refractivity contribution in [1.82, 2.24) is 10.6 Å². The van der Waals surface area contributed by atoms with Gasteiger partial charge >= 0.3 is 5.97 Å². The summed E-state index contributed by atoms with van der Waals surface area (Å²) >= 11 is 0. The Morgan fingerprint density at radius 1 is 1.14 bits per heavy atom. The van der Waals surface area contributed by atoms with Crippen LogP contribution in [0, 0.1) is 0 Å². The van der Waals surface area contributed by atoms with E-state index in [1.807, 2.05) is 30.3 Å². The van der Waals surface area contributed by atoms with E-state index in [0.29, 0.717) is 6.42 Å². The minimum absolute atomic E-state index is 0.224. The minimum Gasteiger partial charge on any atom is -0.465 e. The van der Waals surface area contributed by atoms with E-state index in [2.05, 4.69) is 15.4 Å². The predicted molar refractivity (Wildman–Crippen MR) is 80.8 cm³/mol. The topological polar surface area (TPSA) is 111 Å². The fourth-order valence-corrected chi connectivity index (χ4v) is 1.70. The van der Waals surface area contributed by atoms with Crippen molar-refractivity contribution >= 4 is 17.8 Å². The number of carbonyl (C=O) groups is 3. The second-order valence-corrected chi connectivity index (χ2v) is 4.60. The van der Waals surface area contributed by atoms with Gasteiger partial charge in [-0.3, -0.25) is 14.4 Å². The van der Waals surface area contributed by atoms with Crippen molar-refractivity contribution in [2.24, 2.45) is 5.73 Å². The maximum Gasteiger partial charge on any atom is 0.325 e. The van der Waals surface area contributed by atoms with Gasteiger partial charge in [-0.2, -0.15) is 0 Å². The van der Waals surface area contributed by atoms with Crippen molar-refractivity contribution in [3.05, 3.63) is 35.9 Å². The second kappa shape index (κ2) is 9.51. The van der Waals surface area contributed by atoms with Gasteiger partial charge in [0.05, 0.1) is 19.2 Å². The van der Waals surface area contributed by atoms with E-state index < -0.39 is 23.8 Å². The van der Waals surface area contributed by atoms with Crippen LogP contribution >= 0.6 is 0 Å². The molecule has 0 fully saturated rings. The van der Waals surface area contributed by atoms with Gasteiger partial charge in [-0.05, 0) is 18.9 Å². The fraction of sp³-hybridized carbons (Fsp3) is 0.400. The number of rotatable bonds is 8. The summed E-state index contributed by atoms with van der Waals surface area (Å²) in [6.07, 6.45) is 0.386. The number of carbonyl (C=O) groups excluding carboxylic acids is 3. The summed E-state index contributed by atoms with van der Waals surface area (Å²) < 4.78 is 4.66. The number of nitrogens with one attached hydrogen (secondary N) is 2. The molecule has 2 amide bonds. The molecule has 1 aromatic carbocycles. The Balaban J connectivity index is 2.27. The van der Waals surface area contributed by atoms with E-state index in [0.717, 1.165) is 5.56 Å². The zero-order valence-corrected chi connectivity index (χ0v) is 12.5. The lowest BCUT2D eigenvalue weighted by atomic mass is 10.1. The molecule has 0 saturated carbocycles. The third kappa shape index (κ3) is 6.85. The zero-order chi connectivity index (χ0) is 16.4. The largest absolute Gasteiger partial charge is 0.465 e. The van der Waals surface area contributed by atoms with Gasteiger partial charge in [0.25, 0.3) is 0 Å². The number of esters is 1. The molecule has 0 aliphatic rings. The molecular formula is C15H21N3O4. The van der Waals surface area contributed by atoms with Crippen LogP contribution in [0.4, 0.5) is 0 Å². The Labute approximate surface area is 129 Å². The molecule has 0 spiro atoms. The summed E-state index contributed by atoms with van der Waals surface area (Å²) in [5.41, 5.74) is 6.72. The van der Waals surface area contributed by atoms with Gasteiger partial charge in [-0.1, -0.05) is 30.3 Å². The van der Waals surface area contributed by atoms with Gasteiger partial charge in [0.15, 0.2) is 0 Å². The van der Waals surface area contributed by atoms with E-state index in [9.17, 15) is 14.4 Å². The molecular weight excluding hydrogens is 286 g/mol. The van der Waals surface area contributed by atoms with Gasteiger partial charge in [0.2, 0.25) is 11.8 Å². The van der Waals surface area contributed by atoms with Crippen molar-refractivity contribution in [2.75, 3.05) is 19.7 Å². The average Bonchev–Trinajstić information content (AvgIpc) is 2.51. The number of hydrogen-bond acceptors (Lipinski definition) is 5. The highest BCUT2D eigenvalue weighted by molar-refractivity contribution is 5.88. The highest BCUT2D eigenvalue weighted by atomic mass is 16.5. The number of hydrogen-bond donors (Lipinski definition) is 3. The molecule has 1 unspecified atom stereocenters. The second-order valence-electron chi connectivity index (χ2n) is 4.60. The minimum atomic E-state index is -0.736. The lowest BCUT2D eigenvalue weighted by molar-refractivity contribution is -0.143. The van der Waals surface area contributed by atoms with Crippen LogP contribution in [0.5, 0.6) is 0 Å². The standard InChI is InChI=1S/C15H21N3O4/c1-2-22-14(20)10-17-13(19)9-18-15(21)12(16)8-11-6-4-3-5-7-11/h3-7,12H,2,8-10,16H2,1H3,(H,17,19)(H,18,21). The van der Waals surface area contributed by atoms with Crippen LogP contribution < -0.4 is 16.4 Å². The van der Waals surface area contributed by atoms with Crippen molar-refractivity contribution in [3.8, 4) is 0 Å². The van der Waals surface area contributed by atoms with Crippen LogP contribution in [-0.2, 0) is 25.5 Å². The average molecular weight is 307 g/mol. The van der Waals surface area contributed by atoms with Crippen LogP contribution in [0.15, 0.2) is 30.3 Å². The van der Waals surface area contributed by atoms with E-state index in [4.69, 9.17) is 5.73 Å². The Hall–Kier alpha value is -2.41. The van der Waals surface area contributed by atoms with Crippen LogP contribution in [0.1, 0.15) is 12.5 Å². The Morgan fingerprint density at radius 2 is 1.82 bits per heavy atom. The molecule has 1 atom stereocenters.